The van der Waals surface area contributed by atoms with E-state index in [0.29, 0.717) is 29.7 Å². The highest BCUT2D eigenvalue weighted by Gasteiger charge is 2.14. The highest BCUT2D eigenvalue weighted by atomic mass is 19.1. The summed E-state index contributed by atoms with van der Waals surface area (Å²) < 4.78 is 19.4. The fourth-order valence-corrected chi connectivity index (χ4v) is 2.49. The molecular weight excluding hydrogens is 347 g/mol. The van der Waals surface area contributed by atoms with Crippen LogP contribution in [0.2, 0.25) is 0 Å². The Morgan fingerprint density at radius 3 is 2.52 bits per heavy atom. The predicted octanol–water partition coefficient (Wildman–Crippen LogP) is 4.32. The van der Waals surface area contributed by atoms with Gasteiger partial charge in [-0.3, -0.25) is 4.79 Å². The quantitative estimate of drug-likeness (QED) is 0.679. The van der Waals surface area contributed by atoms with Gasteiger partial charge in [-0.15, -0.1) is 0 Å². The number of aryl methyl sites for hydroxylation is 1. The molecule has 0 aliphatic heterocycles. The first-order valence-corrected chi connectivity index (χ1v) is 8.47. The Bertz CT molecular complexity index is 962. The number of carbonyl (C=O) groups excluding carboxylic acids is 1. The van der Waals surface area contributed by atoms with Gasteiger partial charge in [-0.1, -0.05) is 24.3 Å². The maximum atomic E-state index is 13.8. The third-order valence-electron chi connectivity index (χ3n) is 3.64. The molecule has 2 aromatic carbocycles. The lowest BCUT2D eigenvalue weighted by Gasteiger charge is -2.12. The first-order chi connectivity index (χ1) is 13.1. The summed E-state index contributed by atoms with van der Waals surface area (Å²) in [5, 5.41) is 5.66. The van der Waals surface area contributed by atoms with Crippen molar-refractivity contribution in [2.24, 2.45) is 0 Å². The first-order valence-electron chi connectivity index (χ1n) is 8.47. The van der Waals surface area contributed by atoms with Gasteiger partial charge < -0.3 is 15.4 Å². The van der Waals surface area contributed by atoms with Crippen molar-refractivity contribution in [2.45, 2.75) is 13.8 Å². The molecule has 27 heavy (non-hydrogen) atoms. The van der Waals surface area contributed by atoms with Gasteiger partial charge in [0.05, 0.1) is 18.0 Å². The lowest BCUT2D eigenvalue weighted by atomic mass is 10.2. The van der Waals surface area contributed by atoms with Crippen molar-refractivity contribution < 1.29 is 13.9 Å². The number of halogens is 1. The molecule has 0 fully saturated rings. The topological polar surface area (TPSA) is 76.1 Å². The third-order valence-corrected chi connectivity index (χ3v) is 3.64. The van der Waals surface area contributed by atoms with Crippen LogP contribution in [0.25, 0.3) is 0 Å². The lowest BCUT2D eigenvalue weighted by Crippen LogP contribution is -2.16. The average Bonchev–Trinajstić information content (AvgIpc) is 2.65. The normalized spacial score (nSPS) is 10.3. The molecular formula is C20H19FN4O2. The average molecular weight is 366 g/mol. The van der Waals surface area contributed by atoms with E-state index in [-0.39, 0.29) is 11.4 Å². The molecule has 0 saturated carbocycles. The molecule has 1 aromatic heterocycles. The minimum absolute atomic E-state index is 0.160. The van der Waals surface area contributed by atoms with E-state index in [1.165, 1.54) is 12.1 Å². The molecule has 0 aliphatic carbocycles. The highest BCUT2D eigenvalue weighted by molar-refractivity contribution is 6.04. The molecule has 0 radical (unpaired) electrons. The number of hydrogen-bond donors (Lipinski definition) is 2. The first kappa shape index (κ1) is 18.3. The zero-order valence-corrected chi connectivity index (χ0v) is 15.0. The van der Waals surface area contributed by atoms with E-state index >= 15 is 0 Å². The summed E-state index contributed by atoms with van der Waals surface area (Å²) in [5.41, 5.74) is 0.973. The van der Waals surface area contributed by atoms with Gasteiger partial charge >= 0.3 is 0 Å². The molecule has 1 amide bonds. The van der Waals surface area contributed by atoms with E-state index in [2.05, 4.69) is 20.6 Å². The molecule has 0 bridgehead atoms. The second kappa shape index (κ2) is 8.27. The van der Waals surface area contributed by atoms with Crippen molar-refractivity contribution in [3.8, 4) is 5.75 Å². The number of amides is 1. The third kappa shape index (κ3) is 4.58. The Morgan fingerprint density at radius 2 is 1.78 bits per heavy atom. The van der Waals surface area contributed by atoms with Crippen molar-refractivity contribution in [3.05, 3.63) is 71.9 Å². The van der Waals surface area contributed by atoms with E-state index in [0.717, 1.165) is 0 Å². The van der Waals surface area contributed by atoms with Crippen LogP contribution in [-0.2, 0) is 0 Å². The molecule has 3 aromatic rings. The summed E-state index contributed by atoms with van der Waals surface area (Å²) in [4.78, 5) is 21.0. The van der Waals surface area contributed by atoms with E-state index in [9.17, 15) is 9.18 Å². The van der Waals surface area contributed by atoms with Crippen molar-refractivity contribution in [3.63, 3.8) is 0 Å². The van der Waals surface area contributed by atoms with Gasteiger partial charge in [0.15, 0.2) is 0 Å². The molecule has 0 atom stereocenters. The minimum atomic E-state index is -0.413. The maximum Gasteiger partial charge on any atom is 0.274 e. The number of carbonyl (C=O) groups is 1. The summed E-state index contributed by atoms with van der Waals surface area (Å²) in [7, 11) is 0. The van der Waals surface area contributed by atoms with Crippen LogP contribution in [0.5, 0.6) is 5.75 Å². The van der Waals surface area contributed by atoms with Crippen LogP contribution in [0.15, 0.2) is 54.6 Å². The number of para-hydroxylation sites is 3. The predicted molar refractivity (Wildman–Crippen MR) is 102 cm³/mol. The van der Waals surface area contributed by atoms with Crippen LogP contribution in [0, 0.1) is 12.7 Å². The second-order valence-electron chi connectivity index (χ2n) is 5.67. The van der Waals surface area contributed by atoms with Gasteiger partial charge in [0.25, 0.3) is 5.91 Å². The number of benzene rings is 2. The number of rotatable bonds is 6. The van der Waals surface area contributed by atoms with E-state index in [1.807, 2.05) is 13.0 Å². The zero-order valence-electron chi connectivity index (χ0n) is 15.0. The number of aromatic nitrogens is 2. The fraction of sp³-hybridized carbons (Fsp3) is 0.150. The number of anilines is 3. The maximum absolute atomic E-state index is 13.8. The largest absolute Gasteiger partial charge is 0.492 e. The summed E-state index contributed by atoms with van der Waals surface area (Å²) in [6, 6.07) is 14.8. The monoisotopic (exact) mass is 366 g/mol. The highest BCUT2D eigenvalue weighted by Crippen LogP contribution is 2.24. The van der Waals surface area contributed by atoms with Crippen molar-refractivity contribution in [2.75, 3.05) is 17.2 Å². The molecule has 0 aliphatic rings. The van der Waals surface area contributed by atoms with E-state index in [1.54, 1.807) is 43.3 Å². The SMILES string of the molecule is CCOc1ccccc1NC(=O)c1cc(Nc2ccccc2F)nc(C)n1. The Morgan fingerprint density at radius 1 is 1.07 bits per heavy atom. The fourth-order valence-electron chi connectivity index (χ4n) is 2.49. The van der Waals surface area contributed by atoms with Gasteiger partial charge in [-0.05, 0) is 38.1 Å². The molecule has 0 saturated heterocycles. The standard InChI is InChI=1S/C20H19FN4O2/c1-3-27-18-11-7-6-10-16(18)25-20(26)17-12-19(23-13(2)22-17)24-15-9-5-4-8-14(15)21/h4-12H,3H2,1-2H3,(H,25,26)(H,22,23,24). The summed E-state index contributed by atoms with van der Waals surface area (Å²) in [6.07, 6.45) is 0. The van der Waals surface area contributed by atoms with Crippen LogP contribution in [0.1, 0.15) is 23.2 Å². The van der Waals surface area contributed by atoms with Crippen molar-refractivity contribution in [1.29, 1.82) is 0 Å². The molecule has 3 rings (SSSR count). The van der Waals surface area contributed by atoms with E-state index in [4.69, 9.17) is 4.74 Å². The molecule has 0 spiro atoms. The second-order valence-corrected chi connectivity index (χ2v) is 5.67. The smallest absolute Gasteiger partial charge is 0.274 e. The van der Waals surface area contributed by atoms with Crippen LogP contribution >= 0.6 is 0 Å². The van der Waals surface area contributed by atoms with E-state index < -0.39 is 11.7 Å². The van der Waals surface area contributed by atoms with Gasteiger partial charge in [-0.25, -0.2) is 14.4 Å². The van der Waals surface area contributed by atoms with Gasteiger partial charge in [0.2, 0.25) is 0 Å². The number of nitrogens with one attached hydrogen (secondary N) is 2. The minimum Gasteiger partial charge on any atom is -0.492 e. The zero-order chi connectivity index (χ0) is 19.2. The lowest BCUT2D eigenvalue weighted by molar-refractivity contribution is 0.102. The number of hydrogen-bond acceptors (Lipinski definition) is 5. The molecule has 6 nitrogen and oxygen atoms in total. The van der Waals surface area contributed by atoms with Gasteiger partial charge in [-0.2, -0.15) is 0 Å². The van der Waals surface area contributed by atoms with Crippen LogP contribution in [0.4, 0.5) is 21.6 Å². The Balaban J connectivity index is 1.83. The molecule has 2 N–H and O–H groups in total. The van der Waals surface area contributed by atoms with Crippen molar-refractivity contribution in [1.82, 2.24) is 9.97 Å². The van der Waals surface area contributed by atoms with Crippen LogP contribution < -0.4 is 15.4 Å². The summed E-state index contributed by atoms with van der Waals surface area (Å²) >= 11 is 0. The molecule has 138 valence electrons. The van der Waals surface area contributed by atoms with Gasteiger partial charge in [0.1, 0.15) is 28.9 Å². The molecule has 7 heteroatoms. The summed E-state index contributed by atoms with van der Waals surface area (Å²) in [6.45, 7) is 4.01. The molecule has 0 unspecified atom stereocenters. The Kier molecular flexibility index (Phi) is 5.61. The van der Waals surface area contributed by atoms with Crippen molar-refractivity contribution >= 4 is 23.1 Å². The number of nitrogens with zero attached hydrogens (tertiary/aromatic N) is 2. The van der Waals surface area contributed by atoms with Gasteiger partial charge in [0, 0.05) is 6.07 Å². The summed E-state index contributed by atoms with van der Waals surface area (Å²) in [5.74, 6) is 0.467. The van der Waals surface area contributed by atoms with Crippen LogP contribution in [-0.4, -0.2) is 22.5 Å². The Hall–Kier alpha value is -3.48. The Labute approximate surface area is 156 Å². The number of ether oxygens (including phenoxy) is 1. The van der Waals surface area contributed by atoms with Crippen LogP contribution in [0.3, 0.4) is 0 Å². The molecule has 1 heterocycles.